The van der Waals surface area contributed by atoms with Gasteiger partial charge >= 0.3 is 0 Å². The van der Waals surface area contributed by atoms with E-state index in [2.05, 4.69) is 65.1 Å². The third-order valence-corrected chi connectivity index (χ3v) is 7.02. The van der Waals surface area contributed by atoms with Crippen molar-refractivity contribution in [2.45, 2.75) is 32.7 Å². The number of likely N-dealkylation sites (tertiary alicyclic amines) is 1. The lowest BCUT2D eigenvalue weighted by Gasteiger charge is -2.33. The third-order valence-electron chi connectivity index (χ3n) is 7.02. The molecule has 0 spiro atoms. The van der Waals surface area contributed by atoms with Crippen LogP contribution in [-0.2, 0) is 13.0 Å². The third kappa shape index (κ3) is 5.92. The molecule has 2 aromatic carbocycles. The normalized spacial score (nSPS) is 16.5. The molecule has 0 aliphatic carbocycles. The van der Waals surface area contributed by atoms with Gasteiger partial charge < -0.3 is 11.1 Å². The molecule has 4 N–H and O–H groups in total. The Kier molecular flexibility index (Phi) is 8.34. The van der Waals surface area contributed by atoms with E-state index in [0.717, 1.165) is 55.0 Å². The maximum absolute atomic E-state index is 8.83. The highest BCUT2D eigenvalue weighted by atomic mass is 15.1. The zero-order chi connectivity index (χ0) is 25.5. The topological polar surface area (TPSA) is 78.0 Å². The molecule has 0 amide bonds. The zero-order valence-corrected chi connectivity index (χ0v) is 21.4. The van der Waals surface area contributed by atoms with E-state index < -0.39 is 0 Å². The van der Waals surface area contributed by atoms with Gasteiger partial charge in [-0.25, -0.2) is 0 Å². The first-order chi connectivity index (χ1) is 17.5. The van der Waals surface area contributed by atoms with Crippen LogP contribution in [0.4, 0.5) is 11.4 Å². The number of hydrogen-bond donors (Lipinski definition) is 3. The number of allylic oxidation sites excluding steroid dienone is 1. The van der Waals surface area contributed by atoms with Gasteiger partial charge in [0.25, 0.3) is 0 Å². The van der Waals surface area contributed by atoms with Crippen LogP contribution in [0.2, 0.25) is 0 Å². The van der Waals surface area contributed by atoms with Gasteiger partial charge in [-0.05, 0) is 78.8 Å². The fourth-order valence-corrected chi connectivity index (χ4v) is 4.96. The SMILES string of the molecule is C=C/C(=C\c1cc(C(=N)c2ccc(CC)nc2)c(N)cc1NC)C1CCCN(Cc2ccccc2)C1. The van der Waals surface area contributed by atoms with Crippen LogP contribution in [0, 0.1) is 11.3 Å². The molecule has 1 saturated heterocycles. The van der Waals surface area contributed by atoms with Crippen molar-refractivity contribution in [2.24, 2.45) is 5.92 Å². The molecular formula is C31H37N5. The van der Waals surface area contributed by atoms with Gasteiger partial charge in [-0.3, -0.25) is 15.3 Å². The number of pyridine rings is 1. The second kappa shape index (κ2) is 11.8. The van der Waals surface area contributed by atoms with E-state index in [0.29, 0.717) is 22.9 Å². The number of rotatable bonds is 9. The Balaban J connectivity index is 1.61. The molecule has 1 aliphatic rings. The average molecular weight is 480 g/mol. The summed E-state index contributed by atoms with van der Waals surface area (Å²) in [7, 11) is 1.90. The maximum atomic E-state index is 8.83. The van der Waals surface area contributed by atoms with Crippen molar-refractivity contribution in [1.82, 2.24) is 9.88 Å². The van der Waals surface area contributed by atoms with Gasteiger partial charge in [0.2, 0.25) is 0 Å². The highest BCUT2D eigenvalue weighted by Crippen LogP contribution is 2.31. The number of aromatic nitrogens is 1. The highest BCUT2D eigenvalue weighted by Gasteiger charge is 2.22. The summed E-state index contributed by atoms with van der Waals surface area (Å²) in [5.41, 5.74) is 14.4. The van der Waals surface area contributed by atoms with Crippen LogP contribution < -0.4 is 11.1 Å². The van der Waals surface area contributed by atoms with E-state index in [1.807, 2.05) is 37.4 Å². The summed E-state index contributed by atoms with van der Waals surface area (Å²) < 4.78 is 0. The number of benzene rings is 2. The summed E-state index contributed by atoms with van der Waals surface area (Å²) in [6, 6.07) is 18.5. The van der Waals surface area contributed by atoms with E-state index in [1.165, 1.54) is 17.6 Å². The van der Waals surface area contributed by atoms with Gasteiger partial charge in [0.15, 0.2) is 0 Å². The number of nitrogen functional groups attached to an aromatic ring is 1. The molecule has 2 heterocycles. The Bertz CT molecular complexity index is 1230. The molecule has 5 heteroatoms. The first-order valence-electron chi connectivity index (χ1n) is 12.8. The molecule has 186 valence electrons. The number of nitrogens with zero attached hydrogens (tertiary/aromatic N) is 2. The molecular weight excluding hydrogens is 442 g/mol. The van der Waals surface area contributed by atoms with Crippen molar-refractivity contribution in [3.63, 3.8) is 0 Å². The molecule has 1 aliphatic heterocycles. The Labute approximate surface area is 215 Å². The lowest BCUT2D eigenvalue weighted by Crippen LogP contribution is -2.35. The number of piperidine rings is 1. The first-order valence-corrected chi connectivity index (χ1v) is 12.8. The molecule has 1 fully saturated rings. The Morgan fingerprint density at radius 1 is 1.22 bits per heavy atom. The van der Waals surface area contributed by atoms with Gasteiger partial charge in [-0.15, -0.1) is 0 Å². The smallest absolute Gasteiger partial charge is 0.0720 e. The lowest BCUT2D eigenvalue weighted by molar-refractivity contribution is 0.186. The molecule has 1 atom stereocenters. The van der Waals surface area contributed by atoms with Crippen LogP contribution in [0.1, 0.15) is 47.7 Å². The van der Waals surface area contributed by atoms with Crippen molar-refractivity contribution < 1.29 is 0 Å². The van der Waals surface area contributed by atoms with Crippen LogP contribution in [0.25, 0.3) is 6.08 Å². The van der Waals surface area contributed by atoms with Crippen LogP contribution in [0.3, 0.4) is 0 Å². The fraction of sp³-hybridized carbons (Fsp3) is 0.290. The van der Waals surface area contributed by atoms with Crippen LogP contribution in [0.5, 0.6) is 0 Å². The minimum Gasteiger partial charge on any atom is -0.398 e. The molecule has 0 saturated carbocycles. The Morgan fingerprint density at radius 2 is 2.03 bits per heavy atom. The predicted molar refractivity (Wildman–Crippen MR) is 153 cm³/mol. The summed E-state index contributed by atoms with van der Waals surface area (Å²) in [5, 5.41) is 12.1. The molecule has 1 aromatic heterocycles. The fourth-order valence-electron chi connectivity index (χ4n) is 4.96. The van der Waals surface area contributed by atoms with Crippen molar-refractivity contribution in [3.8, 4) is 0 Å². The highest BCUT2D eigenvalue weighted by molar-refractivity contribution is 6.14. The van der Waals surface area contributed by atoms with Crippen molar-refractivity contribution >= 4 is 23.2 Å². The van der Waals surface area contributed by atoms with Crippen molar-refractivity contribution in [1.29, 1.82) is 5.41 Å². The zero-order valence-electron chi connectivity index (χ0n) is 21.4. The number of hydrogen-bond acceptors (Lipinski definition) is 5. The molecule has 1 unspecified atom stereocenters. The maximum Gasteiger partial charge on any atom is 0.0720 e. The minimum atomic E-state index is 0.381. The molecule has 36 heavy (non-hydrogen) atoms. The van der Waals surface area contributed by atoms with E-state index in [1.54, 1.807) is 6.20 Å². The monoisotopic (exact) mass is 479 g/mol. The van der Waals surface area contributed by atoms with E-state index in [-0.39, 0.29) is 0 Å². The number of nitrogens with one attached hydrogen (secondary N) is 2. The van der Waals surface area contributed by atoms with Gasteiger partial charge in [0, 0.05) is 54.5 Å². The summed E-state index contributed by atoms with van der Waals surface area (Å²) >= 11 is 0. The number of aryl methyl sites for hydroxylation is 1. The van der Waals surface area contributed by atoms with Crippen LogP contribution in [0.15, 0.2) is 79.0 Å². The molecule has 5 nitrogen and oxygen atoms in total. The van der Waals surface area contributed by atoms with Crippen molar-refractivity contribution in [2.75, 3.05) is 31.2 Å². The second-order valence-electron chi connectivity index (χ2n) is 9.45. The Morgan fingerprint density at radius 3 is 2.69 bits per heavy atom. The number of anilines is 2. The predicted octanol–water partition coefficient (Wildman–Crippen LogP) is 6.17. The average Bonchev–Trinajstić information content (AvgIpc) is 2.92. The molecule has 0 bridgehead atoms. The first kappa shape index (κ1) is 25.4. The summed E-state index contributed by atoms with van der Waals surface area (Å²) in [5.74, 6) is 0.413. The van der Waals surface area contributed by atoms with Gasteiger partial charge in [0.1, 0.15) is 0 Å². The number of nitrogens with two attached hydrogens (primary N) is 1. The summed E-state index contributed by atoms with van der Waals surface area (Å²) in [4.78, 5) is 7.00. The molecule has 0 radical (unpaired) electrons. The van der Waals surface area contributed by atoms with Crippen LogP contribution >= 0.6 is 0 Å². The van der Waals surface area contributed by atoms with E-state index >= 15 is 0 Å². The van der Waals surface area contributed by atoms with Crippen molar-refractivity contribution in [3.05, 3.63) is 107 Å². The minimum absolute atomic E-state index is 0.381. The van der Waals surface area contributed by atoms with Gasteiger partial charge in [-0.1, -0.05) is 49.9 Å². The van der Waals surface area contributed by atoms with E-state index in [4.69, 9.17) is 11.1 Å². The Hall–Kier alpha value is -3.70. The van der Waals surface area contributed by atoms with Gasteiger partial charge in [0.05, 0.1) is 5.71 Å². The quantitative estimate of drug-likeness (QED) is 0.195. The van der Waals surface area contributed by atoms with E-state index in [9.17, 15) is 0 Å². The summed E-state index contributed by atoms with van der Waals surface area (Å²) in [6.45, 7) is 9.32. The summed E-state index contributed by atoms with van der Waals surface area (Å²) in [6.07, 6.45) is 9.15. The lowest BCUT2D eigenvalue weighted by atomic mass is 9.88. The largest absolute Gasteiger partial charge is 0.398 e. The second-order valence-corrected chi connectivity index (χ2v) is 9.45. The standard InChI is InChI=1S/C31H37N5/c1-4-23(25-12-9-15-36(21-25)20-22-10-7-6-8-11-22)16-26-17-28(29(32)18-30(26)34-3)31(33)24-13-14-27(5-2)35-19-24/h4,6-8,10-11,13-14,16-19,25,33-34H,1,5,9,12,15,20-21,32H2,2-3H3/b23-16+,33-31?. The molecule has 3 aromatic rings. The molecule has 4 rings (SSSR count). The van der Waals surface area contributed by atoms with Crippen LogP contribution in [-0.4, -0.2) is 35.7 Å². The van der Waals surface area contributed by atoms with Gasteiger partial charge in [-0.2, -0.15) is 0 Å².